The normalized spacial score (nSPS) is 11.6. The first-order valence-corrected chi connectivity index (χ1v) is 10.2. The summed E-state index contributed by atoms with van der Waals surface area (Å²) in [6.45, 7) is 8.69. The molecule has 156 valence electrons. The van der Waals surface area contributed by atoms with Crippen LogP contribution in [0.1, 0.15) is 43.4 Å². The van der Waals surface area contributed by atoms with Gasteiger partial charge in [0.15, 0.2) is 6.61 Å². The number of hydrogen-bond acceptors (Lipinski definition) is 3. The molecular weight excluding hydrogens is 364 g/mol. The molecule has 0 aromatic heterocycles. The third kappa shape index (κ3) is 7.26. The Morgan fingerprint density at radius 2 is 1.76 bits per heavy atom. The van der Waals surface area contributed by atoms with Crippen LogP contribution in [-0.2, 0) is 16.1 Å². The zero-order valence-electron chi connectivity index (χ0n) is 17.9. The van der Waals surface area contributed by atoms with Crippen LogP contribution in [0.4, 0.5) is 0 Å². The van der Waals surface area contributed by atoms with E-state index in [4.69, 9.17) is 4.74 Å². The summed E-state index contributed by atoms with van der Waals surface area (Å²) < 4.78 is 5.70. The van der Waals surface area contributed by atoms with Crippen LogP contribution in [0.15, 0.2) is 48.5 Å². The van der Waals surface area contributed by atoms with Gasteiger partial charge in [0.1, 0.15) is 11.8 Å². The fourth-order valence-electron chi connectivity index (χ4n) is 3.06. The molecule has 2 aromatic carbocycles. The number of rotatable bonds is 10. The lowest BCUT2D eigenvalue weighted by molar-refractivity contribution is -0.142. The van der Waals surface area contributed by atoms with Gasteiger partial charge in [-0.2, -0.15) is 0 Å². The Kier molecular flexibility index (Phi) is 8.71. The molecule has 2 rings (SSSR count). The van der Waals surface area contributed by atoms with E-state index < -0.39 is 6.04 Å². The van der Waals surface area contributed by atoms with Crippen molar-refractivity contribution in [1.82, 2.24) is 10.2 Å². The summed E-state index contributed by atoms with van der Waals surface area (Å²) in [7, 11) is 0. The lowest BCUT2D eigenvalue weighted by Crippen LogP contribution is -2.49. The molecular formula is C24H32N2O3. The molecule has 1 N–H and O–H groups in total. The van der Waals surface area contributed by atoms with Gasteiger partial charge < -0.3 is 15.0 Å². The van der Waals surface area contributed by atoms with Gasteiger partial charge in [0.05, 0.1) is 0 Å². The second kappa shape index (κ2) is 11.2. The van der Waals surface area contributed by atoms with Gasteiger partial charge in [-0.3, -0.25) is 9.59 Å². The van der Waals surface area contributed by atoms with E-state index in [1.54, 1.807) is 11.8 Å². The minimum atomic E-state index is -0.582. The molecule has 0 saturated heterocycles. The Balaban J connectivity index is 2.11. The van der Waals surface area contributed by atoms with E-state index in [1.165, 1.54) is 0 Å². The molecule has 0 heterocycles. The Hall–Kier alpha value is -2.82. The van der Waals surface area contributed by atoms with Crippen LogP contribution in [0.25, 0.3) is 0 Å². The summed E-state index contributed by atoms with van der Waals surface area (Å²) in [5.74, 6) is 0.287. The highest BCUT2D eigenvalue weighted by molar-refractivity contribution is 5.87. The molecule has 1 atom stereocenters. The summed E-state index contributed by atoms with van der Waals surface area (Å²) >= 11 is 0. The molecule has 2 amide bonds. The summed E-state index contributed by atoms with van der Waals surface area (Å²) in [5.41, 5.74) is 3.17. The van der Waals surface area contributed by atoms with Gasteiger partial charge in [0.2, 0.25) is 5.91 Å². The summed E-state index contributed by atoms with van der Waals surface area (Å²) in [5, 5.41) is 2.92. The van der Waals surface area contributed by atoms with Crippen LogP contribution in [0.3, 0.4) is 0 Å². The van der Waals surface area contributed by atoms with E-state index in [0.717, 1.165) is 29.5 Å². The number of aryl methyl sites for hydroxylation is 2. The number of benzene rings is 2. The van der Waals surface area contributed by atoms with Crippen molar-refractivity contribution in [3.63, 3.8) is 0 Å². The van der Waals surface area contributed by atoms with Crippen LogP contribution in [-0.4, -0.2) is 35.9 Å². The third-order valence-electron chi connectivity index (χ3n) is 4.78. The number of hydrogen-bond donors (Lipinski definition) is 1. The molecule has 0 fully saturated rings. The fourth-order valence-corrected chi connectivity index (χ4v) is 3.06. The Morgan fingerprint density at radius 1 is 1.07 bits per heavy atom. The van der Waals surface area contributed by atoms with Crippen molar-refractivity contribution in [1.29, 1.82) is 0 Å². The average Bonchev–Trinajstić information content (AvgIpc) is 2.70. The number of ether oxygens (including phenoxy) is 1. The maximum absolute atomic E-state index is 13.0. The van der Waals surface area contributed by atoms with Crippen molar-refractivity contribution in [2.24, 2.45) is 0 Å². The molecule has 0 bridgehead atoms. The quantitative estimate of drug-likeness (QED) is 0.617. The fraction of sp³-hybridized carbons (Fsp3) is 0.417. The predicted octanol–water partition coefficient (Wildman–Crippen LogP) is 4.02. The zero-order chi connectivity index (χ0) is 21.2. The van der Waals surface area contributed by atoms with E-state index in [9.17, 15) is 9.59 Å². The Labute approximate surface area is 174 Å². The van der Waals surface area contributed by atoms with Gasteiger partial charge in [-0.25, -0.2) is 0 Å². The van der Waals surface area contributed by atoms with Crippen LogP contribution in [0.2, 0.25) is 0 Å². The summed E-state index contributed by atoms with van der Waals surface area (Å²) in [6.07, 6.45) is 1.92. The standard InChI is InChI=1S/C24H32N2O3/c1-5-6-13-25-24(28)20(4)26(16-21-11-7-9-18(2)14-21)23(27)17-29-22-12-8-10-19(3)15-22/h7-12,14-15,20H,5-6,13,16-17H2,1-4H3,(H,25,28). The molecule has 0 aliphatic carbocycles. The summed E-state index contributed by atoms with van der Waals surface area (Å²) in [4.78, 5) is 27.2. The number of amides is 2. The Morgan fingerprint density at radius 3 is 2.41 bits per heavy atom. The Bertz CT molecular complexity index is 819. The van der Waals surface area contributed by atoms with E-state index >= 15 is 0 Å². The van der Waals surface area contributed by atoms with Crippen molar-refractivity contribution >= 4 is 11.8 Å². The minimum absolute atomic E-state index is 0.109. The second-order valence-corrected chi connectivity index (χ2v) is 7.44. The number of nitrogens with zero attached hydrogens (tertiary/aromatic N) is 1. The van der Waals surface area contributed by atoms with Crippen molar-refractivity contribution in [3.05, 3.63) is 65.2 Å². The molecule has 0 spiro atoms. The van der Waals surface area contributed by atoms with Gasteiger partial charge in [0, 0.05) is 13.1 Å². The van der Waals surface area contributed by atoms with Crippen molar-refractivity contribution in [2.75, 3.05) is 13.2 Å². The molecule has 5 heteroatoms. The van der Waals surface area contributed by atoms with Crippen molar-refractivity contribution in [2.45, 2.75) is 53.1 Å². The van der Waals surface area contributed by atoms with Crippen LogP contribution < -0.4 is 10.1 Å². The molecule has 0 saturated carbocycles. The molecule has 0 aliphatic heterocycles. The van der Waals surface area contributed by atoms with E-state index in [0.29, 0.717) is 18.8 Å². The summed E-state index contributed by atoms with van der Waals surface area (Å²) in [6, 6.07) is 15.0. The van der Waals surface area contributed by atoms with Gasteiger partial charge in [-0.1, -0.05) is 55.3 Å². The minimum Gasteiger partial charge on any atom is -0.484 e. The monoisotopic (exact) mass is 396 g/mol. The number of carbonyl (C=O) groups excluding carboxylic acids is 2. The van der Waals surface area contributed by atoms with E-state index in [2.05, 4.69) is 12.2 Å². The first-order chi connectivity index (χ1) is 13.9. The molecule has 0 aliphatic rings. The number of unbranched alkanes of at least 4 members (excludes halogenated alkanes) is 1. The highest BCUT2D eigenvalue weighted by Crippen LogP contribution is 2.15. The first-order valence-electron chi connectivity index (χ1n) is 10.2. The third-order valence-corrected chi connectivity index (χ3v) is 4.78. The maximum Gasteiger partial charge on any atom is 0.261 e. The molecule has 1 unspecified atom stereocenters. The van der Waals surface area contributed by atoms with Crippen molar-refractivity contribution < 1.29 is 14.3 Å². The van der Waals surface area contributed by atoms with Gasteiger partial charge in [-0.05, 0) is 50.5 Å². The van der Waals surface area contributed by atoms with Crippen LogP contribution in [0.5, 0.6) is 5.75 Å². The van der Waals surface area contributed by atoms with Gasteiger partial charge >= 0.3 is 0 Å². The molecule has 29 heavy (non-hydrogen) atoms. The van der Waals surface area contributed by atoms with Gasteiger partial charge in [0.25, 0.3) is 5.91 Å². The van der Waals surface area contributed by atoms with Crippen LogP contribution >= 0.6 is 0 Å². The highest BCUT2D eigenvalue weighted by atomic mass is 16.5. The SMILES string of the molecule is CCCCNC(=O)C(C)N(Cc1cccc(C)c1)C(=O)COc1cccc(C)c1. The number of carbonyl (C=O) groups is 2. The van der Waals surface area contributed by atoms with E-state index in [-0.39, 0.29) is 18.4 Å². The molecule has 5 nitrogen and oxygen atoms in total. The van der Waals surface area contributed by atoms with Crippen LogP contribution in [0, 0.1) is 13.8 Å². The molecule has 2 aromatic rings. The smallest absolute Gasteiger partial charge is 0.261 e. The lowest BCUT2D eigenvalue weighted by Gasteiger charge is -2.29. The maximum atomic E-state index is 13.0. The van der Waals surface area contributed by atoms with Crippen molar-refractivity contribution in [3.8, 4) is 5.75 Å². The number of nitrogens with one attached hydrogen (secondary N) is 1. The van der Waals surface area contributed by atoms with Gasteiger partial charge in [-0.15, -0.1) is 0 Å². The average molecular weight is 397 g/mol. The second-order valence-electron chi connectivity index (χ2n) is 7.44. The molecule has 0 radical (unpaired) electrons. The topological polar surface area (TPSA) is 58.6 Å². The first kappa shape index (κ1) is 22.5. The van der Waals surface area contributed by atoms with E-state index in [1.807, 2.05) is 62.4 Å². The zero-order valence-corrected chi connectivity index (χ0v) is 17.9. The lowest BCUT2D eigenvalue weighted by atomic mass is 10.1. The highest BCUT2D eigenvalue weighted by Gasteiger charge is 2.26. The predicted molar refractivity (Wildman–Crippen MR) is 116 cm³/mol. The largest absolute Gasteiger partial charge is 0.484 e.